The summed E-state index contributed by atoms with van der Waals surface area (Å²) in [5.41, 5.74) is 0.775. The van der Waals surface area contributed by atoms with Crippen LogP contribution in [0.3, 0.4) is 0 Å². The van der Waals surface area contributed by atoms with Crippen molar-refractivity contribution in [2.75, 3.05) is 21.3 Å². The van der Waals surface area contributed by atoms with Crippen LogP contribution in [0.1, 0.15) is 15.9 Å². The maximum atomic E-state index is 13.1. The average Bonchev–Trinajstić information content (AvgIpc) is 3.17. The Kier molecular flexibility index (Phi) is 7.38. The average molecular weight is 517 g/mol. The number of Topliss-reactive ketones (excluding diaryl/α,β-unsaturated/α-hetero) is 1. The van der Waals surface area contributed by atoms with Crippen LogP contribution in [-0.2, 0) is 4.79 Å². The Bertz CT molecular complexity index is 1480. The van der Waals surface area contributed by atoms with Gasteiger partial charge in [0.2, 0.25) is 11.5 Å². The number of ether oxygens (including phenoxy) is 3. The summed E-state index contributed by atoms with van der Waals surface area (Å²) in [4.78, 5) is 27.7. The number of rotatable bonds is 7. The number of thiocarbonyl (C=S) groups is 1. The van der Waals surface area contributed by atoms with E-state index in [4.69, 9.17) is 26.4 Å². The molecule has 1 aliphatic heterocycles. The van der Waals surface area contributed by atoms with Crippen LogP contribution >= 0.6 is 24.0 Å². The third-order valence-corrected chi connectivity index (χ3v) is 6.77. The molecule has 0 N–H and O–H groups in total. The summed E-state index contributed by atoms with van der Waals surface area (Å²) < 4.78 is 16.3. The molecule has 3 aromatic rings. The van der Waals surface area contributed by atoms with E-state index in [1.54, 1.807) is 30.3 Å². The van der Waals surface area contributed by atoms with Gasteiger partial charge in [-0.2, -0.15) is 5.26 Å². The molecule has 9 heteroatoms. The Labute approximate surface area is 217 Å². The highest BCUT2D eigenvalue weighted by molar-refractivity contribution is 8.26. The lowest BCUT2D eigenvalue weighted by Gasteiger charge is -2.13. The number of methoxy groups -OCH3 is 3. The lowest BCUT2D eigenvalue weighted by atomic mass is 10.0. The monoisotopic (exact) mass is 516 g/mol. The molecule has 0 atom stereocenters. The number of hydrogen-bond donors (Lipinski definition) is 0. The molecule has 0 aromatic heterocycles. The van der Waals surface area contributed by atoms with E-state index < -0.39 is 11.7 Å². The van der Waals surface area contributed by atoms with Crippen LogP contribution in [0.5, 0.6) is 17.2 Å². The van der Waals surface area contributed by atoms with Crippen molar-refractivity contribution in [3.05, 3.63) is 82.4 Å². The van der Waals surface area contributed by atoms with E-state index in [-0.39, 0.29) is 9.89 Å². The van der Waals surface area contributed by atoms with Crippen LogP contribution in [0.15, 0.2) is 71.3 Å². The Morgan fingerprint density at radius 1 is 1.00 bits per heavy atom. The zero-order valence-electron chi connectivity index (χ0n) is 19.6. The molecule has 180 valence electrons. The highest BCUT2D eigenvalue weighted by Gasteiger charge is 2.32. The van der Waals surface area contributed by atoms with Gasteiger partial charge in [-0.15, -0.1) is 0 Å². The zero-order chi connectivity index (χ0) is 25.8. The molecular weight excluding hydrogens is 496 g/mol. The molecule has 36 heavy (non-hydrogen) atoms. The Hall–Kier alpha value is -4.13. The quantitative estimate of drug-likeness (QED) is 0.180. The molecule has 4 rings (SSSR count). The van der Waals surface area contributed by atoms with Crippen molar-refractivity contribution in [1.29, 1.82) is 5.26 Å². The molecule has 1 fully saturated rings. The van der Waals surface area contributed by atoms with Crippen LogP contribution in [0.25, 0.3) is 16.8 Å². The van der Waals surface area contributed by atoms with Gasteiger partial charge >= 0.3 is 0 Å². The number of thioether (sulfide) groups is 1. The number of allylic oxidation sites excluding steroid dienone is 1. The summed E-state index contributed by atoms with van der Waals surface area (Å²) in [6.07, 6.45) is 2.83. The van der Waals surface area contributed by atoms with Gasteiger partial charge in [0.25, 0.3) is 5.91 Å². The number of ketones is 1. The second-order valence-corrected chi connectivity index (χ2v) is 9.23. The Balaban J connectivity index is 1.64. The van der Waals surface area contributed by atoms with E-state index in [1.165, 1.54) is 27.5 Å². The highest BCUT2D eigenvalue weighted by atomic mass is 32.2. The van der Waals surface area contributed by atoms with Gasteiger partial charge in [-0.25, -0.2) is 0 Å². The molecule has 1 heterocycles. The topological polar surface area (TPSA) is 88.9 Å². The van der Waals surface area contributed by atoms with Gasteiger partial charge < -0.3 is 14.2 Å². The van der Waals surface area contributed by atoms with Gasteiger partial charge in [0.05, 0.1) is 26.2 Å². The number of carbonyl (C=O) groups is 2. The fourth-order valence-corrected chi connectivity index (χ4v) is 4.89. The van der Waals surface area contributed by atoms with Crippen molar-refractivity contribution >= 4 is 56.8 Å². The van der Waals surface area contributed by atoms with Crippen LogP contribution in [-0.4, -0.2) is 42.2 Å². The fourth-order valence-electron chi connectivity index (χ4n) is 3.68. The summed E-state index contributed by atoms with van der Waals surface area (Å²) >= 11 is 6.44. The minimum absolute atomic E-state index is 0.199. The van der Waals surface area contributed by atoms with Gasteiger partial charge in [-0.05, 0) is 40.6 Å². The first-order valence-corrected chi connectivity index (χ1v) is 11.8. The summed E-state index contributed by atoms with van der Waals surface area (Å²) in [5, 5.41) is 11.5. The van der Waals surface area contributed by atoms with Crippen LogP contribution < -0.4 is 14.2 Å². The number of benzene rings is 3. The summed E-state index contributed by atoms with van der Waals surface area (Å²) in [7, 11) is 4.51. The Morgan fingerprint density at radius 2 is 1.67 bits per heavy atom. The zero-order valence-corrected chi connectivity index (χ0v) is 21.2. The third kappa shape index (κ3) is 4.82. The SMILES string of the molecule is COc1cc(/C=C2\SC(=S)N(/C=C(\C#N)C(=O)c3ccc4ccccc4c3)C2=O)cc(OC)c1OC. The summed E-state index contributed by atoms with van der Waals surface area (Å²) in [6.45, 7) is 0. The van der Waals surface area contributed by atoms with E-state index in [2.05, 4.69) is 0 Å². The second kappa shape index (κ2) is 10.6. The molecule has 1 amide bonds. The number of hydrogen-bond acceptors (Lipinski definition) is 8. The third-order valence-electron chi connectivity index (χ3n) is 5.44. The van der Waals surface area contributed by atoms with Gasteiger partial charge in [0.15, 0.2) is 15.8 Å². The lowest BCUT2D eigenvalue weighted by Crippen LogP contribution is -2.23. The van der Waals surface area contributed by atoms with Gasteiger partial charge in [0.1, 0.15) is 11.6 Å². The standard InChI is InChI=1S/C27H20N2O5S2/c1-32-21-10-16(11-22(33-2)25(21)34-3)12-23-26(31)29(27(35)36-23)15-20(14-28)24(30)19-9-8-17-6-4-5-7-18(17)13-19/h4-13,15H,1-3H3/b20-15+,23-12-. The molecule has 7 nitrogen and oxygen atoms in total. The lowest BCUT2D eigenvalue weighted by molar-refractivity contribution is -0.120. The highest BCUT2D eigenvalue weighted by Crippen LogP contribution is 2.40. The van der Waals surface area contributed by atoms with E-state index in [1.807, 2.05) is 36.4 Å². The van der Waals surface area contributed by atoms with Gasteiger partial charge in [-0.1, -0.05) is 60.4 Å². The van der Waals surface area contributed by atoms with Crippen LogP contribution in [0, 0.1) is 11.3 Å². The number of nitriles is 1. The molecule has 0 spiro atoms. The van der Waals surface area contributed by atoms with Crippen molar-refractivity contribution in [1.82, 2.24) is 4.90 Å². The molecule has 0 bridgehead atoms. The first kappa shape index (κ1) is 25.0. The largest absolute Gasteiger partial charge is 0.493 e. The predicted molar refractivity (Wildman–Crippen MR) is 143 cm³/mol. The van der Waals surface area contributed by atoms with E-state index in [9.17, 15) is 14.9 Å². The molecule has 1 saturated heterocycles. The van der Waals surface area contributed by atoms with E-state index in [0.29, 0.717) is 33.3 Å². The fraction of sp³-hybridized carbons (Fsp3) is 0.111. The van der Waals surface area contributed by atoms with Gasteiger partial charge in [-0.3, -0.25) is 14.5 Å². The van der Waals surface area contributed by atoms with Crippen LogP contribution in [0.2, 0.25) is 0 Å². The van der Waals surface area contributed by atoms with Crippen molar-refractivity contribution in [3.63, 3.8) is 0 Å². The maximum absolute atomic E-state index is 13.1. The van der Waals surface area contributed by atoms with Crippen molar-refractivity contribution in [2.24, 2.45) is 0 Å². The normalized spacial score (nSPS) is 14.8. The molecule has 1 aliphatic rings. The van der Waals surface area contributed by atoms with Crippen molar-refractivity contribution in [2.45, 2.75) is 0 Å². The molecule has 0 radical (unpaired) electrons. The first-order chi connectivity index (χ1) is 17.4. The predicted octanol–water partition coefficient (Wildman–Crippen LogP) is 5.36. The smallest absolute Gasteiger partial charge is 0.270 e. The maximum Gasteiger partial charge on any atom is 0.270 e. The molecule has 0 unspecified atom stereocenters. The second-order valence-electron chi connectivity index (χ2n) is 7.56. The molecule has 0 saturated carbocycles. The molecule has 3 aromatic carbocycles. The van der Waals surface area contributed by atoms with E-state index in [0.717, 1.165) is 27.4 Å². The number of amides is 1. The number of fused-ring (bicyclic) bond motifs is 1. The summed E-state index contributed by atoms with van der Waals surface area (Å²) in [6, 6.07) is 18.1. The Morgan fingerprint density at radius 3 is 2.28 bits per heavy atom. The minimum Gasteiger partial charge on any atom is -0.493 e. The number of nitrogens with zero attached hydrogens (tertiary/aromatic N) is 2. The number of carbonyl (C=O) groups excluding carboxylic acids is 2. The van der Waals surface area contributed by atoms with Crippen LogP contribution in [0.4, 0.5) is 0 Å². The van der Waals surface area contributed by atoms with E-state index >= 15 is 0 Å². The molecular formula is C27H20N2O5S2. The summed E-state index contributed by atoms with van der Waals surface area (Å²) in [5.74, 6) is 0.361. The minimum atomic E-state index is -0.495. The van der Waals surface area contributed by atoms with Gasteiger partial charge in [0, 0.05) is 11.8 Å². The van der Waals surface area contributed by atoms with Crippen molar-refractivity contribution in [3.8, 4) is 23.3 Å². The molecule has 0 aliphatic carbocycles. The van der Waals surface area contributed by atoms with Crippen molar-refractivity contribution < 1.29 is 23.8 Å². The first-order valence-electron chi connectivity index (χ1n) is 10.6.